The second-order valence-corrected chi connectivity index (χ2v) is 3.08. The van der Waals surface area contributed by atoms with Crippen molar-refractivity contribution in [1.82, 2.24) is 14.8 Å². The van der Waals surface area contributed by atoms with Crippen LogP contribution in [-0.4, -0.2) is 21.9 Å². The number of hydrogen-bond acceptors (Lipinski definition) is 4. The van der Waals surface area contributed by atoms with Crippen molar-refractivity contribution >= 4 is 11.5 Å². The highest BCUT2D eigenvalue weighted by Gasteiger charge is 2.03. The normalized spacial score (nSPS) is 10.0. The Hall–Kier alpha value is -2.04. The van der Waals surface area contributed by atoms with E-state index in [0.717, 1.165) is 5.69 Å². The SMILES string of the molecule is COc1cccnc1Nc1cnn(C)c1. The second kappa shape index (κ2) is 4.00. The zero-order valence-electron chi connectivity index (χ0n) is 8.64. The summed E-state index contributed by atoms with van der Waals surface area (Å²) in [5, 5.41) is 7.18. The topological polar surface area (TPSA) is 52.0 Å². The van der Waals surface area contributed by atoms with Crippen LogP contribution in [0.2, 0.25) is 0 Å². The summed E-state index contributed by atoms with van der Waals surface area (Å²) >= 11 is 0. The highest BCUT2D eigenvalue weighted by atomic mass is 16.5. The van der Waals surface area contributed by atoms with Gasteiger partial charge in [0.1, 0.15) is 0 Å². The third-order valence-electron chi connectivity index (χ3n) is 1.96. The zero-order valence-corrected chi connectivity index (χ0v) is 8.64. The van der Waals surface area contributed by atoms with Crippen LogP contribution in [0.4, 0.5) is 11.5 Å². The quantitative estimate of drug-likeness (QED) is 0.824. The number of anilines is 2. The molecular formula is C10H12N4O. The van der Waals surface area contributed by atoms with Crippen molar-refractivity contribution in [1.29, 1.82) is 0 Å². The van der Waals surface area contributed by atoms with E-state index in [4.69, 9.17) is 4.74 Å². The van der Waals surface area contributed by atoms with Crippen molar-refractivity contribution in [2.24, 2.45) is 7.05 Å². The zero-order chi connectivity index (χ0) is 10.7. The van der Waals surface area contributed by atoms with Crippen LogP contribution >= 0.6 is 0 Å². The number of aromatic nitrogens is 3. The standard InChI is InChI=1S/C10H12N4O/c1-14-7-8(6-12-14)13-10-9(15-2)4-3-5-11-10/h3-7H,1-2H3,(H,11,13). The van der Waals surface area contributed by atoms with E-state index in [0.29, 0.717) is 11.6 Å². The Bertz CT molecular complexity index is 452. The van der Waals surface area contributed by atoms with Gasteiger partial charge in [-0.3, -0.25) is 4.68 Å². The Morgan fingerprint density at radius 3 is 3.00 bits per heavy atom. The summed E-state index contributed by atoms with van der Waals surface area (Å²) in [4.78, 5) is 4.18. The summed E-state index contributed by atoms with van der Waals surface area (Å²) in [6.45, 7) is 0. The number of aryl methyl sites for hydroxylation is 1. The fourth-order valence-electron chi connectivity index (χ4n) is 1.27. The third kappa shape index (κ3) is 2.07. The molecule has 5 nitrogen and oxygen atoms in total. The molecule has 2 rings (SSSR count). The van der Waals surface area contributed by atoms with Crippen LogP contribution in [0.3, 0.4) is 0 Å². The lowest BCUT2D eigenvalue weighted by atomic mass is 10.4. The summed E-state index contributed by atoms with van der Waals surface area (Å²) in [6.07, 6.45) is 5.31. The van der Waals surface area contributed by atoms with Gasteiger partial charge in [-0.15, -0.1) is 0 Å². The van der Waals surface area contributed by atoms with Crippen LogP contribution in [0, 0.1) is 0 Å². The third-order valence-corrected chi connectivity index (χ3v) is 1.96. The van der Waals surface area contributed by atoms with Gasteiger partial charge in [-0.05, 0) is 12.1 Å². The molecule has 0 aliphatic rings. The minimum atomic E-state index is 0.688. The van der Waals surface area contributed by atoms with Gasteiger partial charge >= 0.3 is 0 Å². The molecule has 0 unspecified atom stereocenters. The average Bonchev–Trinajstić information content (AvgIpc) is 2.65. The Labute approximate surface area is 87.7 Å². The van der Waals surface area contributed by atoms with Gasteiger partial charge < -0.3 is 10.1 Å². The number of rotatable bonds is 3. The van der Waals surface area contributed by atoms with E-state index in [1.807, 2.05) is 25.4 Å². The molecule has 0 radical (unpaired) electrons. The Morgan fingerprint density at radius 2 is 2.33 bits per heavy atom. The highest BCUT2D eigenvalue weighted by molar-refractivity contribution is 5.60. The molecular weight excluding hydrogens is 192 g/mol. The Kier molecular flexibility index (Phi) is 2.53. The minimum Gasteiger partial charge on any atom is -0.493 e. The number of pyridine rings is 1. The fourth-order valence-corrected chi connectivity index (χ4v) is 1.27. The van der Waals surface area contributed by atoms with Gasteiger partial charge in [-0.25, -0.2) is 4.98 Å². The monoisotopic (exact) mass is 204 g/mol. The van der Waals surface area contributed by atoms with E-state index < -0.39 is 0 Å². The molecule has 0 spiro atoms. The Balaban J connectivity index is 2.23. The van der Waals surface area contributed by atoms with Crippen LogP contribution in [0.15, 0.2) is 30.7 Å². The first-order valence-electron chi connectivity index (χ1n) is 4.54. The molecule has 0 aliphatic heterocycles. The predicted octanol–water partition coefficient (Wildman–Crippen LogP) is 1.57. The van der Waals surface area contributed by atoms with E-state index in [9.17, 15) is 0 Å². The minimum absolute atomic E-state index is 0.688. The number of ether oxygens (including phenoxy) is 1. The first-order chi connectivity index (χ1) is 7.29. The van der Waals surface area contributed by atoms with Gasteiger partial charge in [0.15, 0.2) is 11.6 Å². The van der Waals surface area contributed by atoms with Gasteiger partial charge in [0.25, 0.3) is 0 Å². The molecule has 78 valence electrons. The van der Waals surface area contributed by atoms with Crippen LogP contribution < -0.4 is 10.1 Å². The summed E-state index contributed by atoms with van der Waals surface area (Å²) in [5.41, 5.74) is 0.884. The lowest BCUT2D eigenvalue weighted by Crippen LogP contribution is -1.96. The maximum Gasteiger partial charge on any atom is 0.173 e. The number of hydrogen-bond donors (Lipinski definition) is 1. The molecule has 0 amide bonds. The van der Waals surface area contributed by atoms with Crippen molar-refractivity contribution in [3.63, 3.8) is 0 Å². The second-order valence-electron chi connectivity index (χ2n) is 3.08. The summed E-state index contributed by atoms with van der Waals surface area (Å²) in [7, 11) is 3.48. The fraction of sp³-hybridized carbons (Fsp3) is 0.200. The van der Waals surface area contributed by atoms with Crippen LogP contribution in [-0.2, 0) is 7.05 Å². The molecule has 2 heterocycles. The van der Waals surface area contributed by atoms with Crippen molar-refractivity contribution in [2.45, 2.75) is 0 Å². The number of nitrogens with one attached hydrogen (secondary N) is 1. The van der Waals surface area contributed by atoms with E-state index >= 15 is 0 Å². The van der Waals surface area contributed by atoms with Gasteiger partial charge in [0.2, 0.25) is 0 Å². The molecule has 2 aromatic heterocycles. The van der Waals surface area contributed by atoms with Gasteiger partial charge in [0, 0.05) is 19.4 Å². The van der Waals surface area contributed by atoms with Crippen molar-refractivity contribution < 1.29 is 4.74 Å². The molecule has 0 aromatic carbocycles. The molecule has 2 aromatic rings. The smallest absolute Gasteiger partial charge is 0.173 e. The van der Waals surface area contributed by atoms with Gasteiger partial charge in [-0.2, -0.15) is 5.10 Å². The molecule has 0 fully saturated rings. The first kappa shape index (κ1) is 9.51. The van der Waals surface area contributed by atoms with E-state index in [1.165, 1.54) is 0 Å². The summed E-state index contributed by atoms with van der Waals surface area (Å²) in [5.74, 6) is 1.40. The van der Waals surface area contributed by atoms with Crippen molar-refractivity contribution in [3.05, 3.63) is 30.7 Å². The molecule has 0 saturated carbocycles. The van der Waals surface area contributed by atoms with Crippen LogP contribution in [0.1, 0.15) is 0 Å². The predicted molar refractivity (Wildman–Crippen MR) is 57.3 cm³/mol. The molecule has 5 heteroatoms. The molecule has 0 aliphatic carbocycles. The van der Waals surface area contributed by atoms with E-state index in [2.05, 4.69) is 15.4 Å². The van der Waals surface area contributed by atoms with Crippen LogP contribution in [0.5, 0.6) is 5.75 Å². The van der Waals surface area contributed by atoms with Crippen LogP contribution in [0.25, 0.3) is 0 Å². The van der Waals surface area contributed by atoms with E-state index in [1.54, 1.807) is 24.2 Å². The average molecular weight is 204 g/mol. The molecule has 15 heavy (non-hydrogen) atoms. The van der Waals surface area contributed by atoms with Crippen molar-refractivity contribution in [2.75, 3.05) is 12.4 Å². The Morgan fingerprint density at radius 1 is 1.47 bits per heavy atom. The maximum absolute atomic E-state index is 5.17. The summed E-state index contributed by atoms with van der Waals surface area (Å²) in [6, 6.07) is 3.68. The van der Waals surface area contributed by atoms with Gasteiger partial charge in [0.05, 0.1) is 19.0 Å². The molecule has 0 atom stereocenters. The maximum atomic E-state index is 5.17. The van der Waals surface area contributed by atoms with E-state index in [-0.39, 0.29) is 0 Å². The lowest BCUT2D eigenvalue weighted by Gasteiger charge is -2.07. The number of nitrogens with zero attached hydrogens (tertiary/aromatic N) is 3. The first-order valence-corrected chi connectivity index (χ1v) is 4.54. The van der Waals surface area contributed by atoms with Crippen molar-refractivity contribution in [3.8, 4) is 5.75 Å². The molecule has 1 N–H and O–H groups in total. The molecule has 0 bridgehead atoms. The largest absolute Gasteiger partial charge is 0.493 e. The summed E-state index contributed by atoms with van der Waals surface area (Å²) < 4.78 is 6.89. The van der Waals surface area contributed by atoms with Gasteiger partial charge in [-0.1, -0.05) is 0 Å². The molecule has 0 saturated heterocycles. The highest BCUT2D eigenvalue weighted by Crippen LogP contribution is 2.23. The lowest BCUT2D eigenvalue weighted by molar-refractivity contribution is 0.415. The number of methoxy groups -OCH3 is 1.